The van der Waals surface area contributed by atoms with Gasteiger partial charge in [0.05, 0.1) is 0 Å². The summed E-state index contributed by atoms with van der Waals surface area (Å²) in [5.74, 6) is 0.0653. The van der Waals surface area contributed by atoms with Crippen molar-refractivity contribution in [3.8, 4) is 0 Å². The SMILES string of the molecule is CC1(C)S[C@@H]2C(NC(=O)Cn3cncn3)C(=O)N2C1c1nn[nH]n1. The number of aromatic nitrogens is 7. The number of carbonyl (C=O) groups is 2. The third-order valence-corrected chi connectivity index (χ3v) is 5.71. The van der Waals surface area contributed by atoms with Gasteiger partial charge in [0.25, 0.3) is 0 Å². The zero-order chi connectivity index (χ0) is 16.9. The average molecular weight is 349 g/mol. The first-order valence-corrected chi connectivity index (χ1v) is 8.20. The van der Waals surface area contributed by atoms with Crippen molar-refractivity contribution >= 4 is 23.6 Å². The summed E-state index contributed by atoms with van der Waals surface area (Å²) < 4.78 is 1.12. The molecule has 2 aliphatic heterocycles. The number of H-pyrrole nitrogens is 1. The minimum absolute atomic E-state index is 0.0266. The van der Waals surface area contributed by atoms with Crippen molar-refractivity contribution in [2.24, 2.45) is 0 Å². The van der Waals surface area contributed by atoms with Gasteiger partial charge in [-0.15, -0.1) is 22.0 Å². The van der Waals surface area contributed by atoms with Crippen molar-refractivity contribution in [1.82, 2.24) is 45.6 Å². The van der Waals surface area contributed by atoms with E-state index < -0.39 is 6.04 Å². The van der Waals surface area contributed by atoms with Gasteiger partial charge < -0.3 is 10.2 Å². The van der Waals surface area contributed by atoms with E-state index in [4.69, 9.17) is 0 Å². The minimum Gasteiger partial charge on any atom is -0.340 e. The number of amides is 2. The largest absolute Gasteiger partial charge is 0.340 e. The molecule has 0 radical (unpaired) electrons. The lowest BCUT2D eigenvalue weighted by Crippen LogP contribution is -2.68. The zero-order valence-electron chi connectivity index (χ0n) is 12.9. The lowest BCUT2D eigenvalue weighted by atomic mass is 9.95. The number of carbonyl (C=O) groups excluding carboxylic acids is 2. The fourth-order valence-corrected chi connectivity index (χ4v) is 4.76. The summed E-state index contributed by atoms with van der Waals surface area (Å²) in [5.41, 5.74) is 0. The lowest BCUT2D eigenvalue weighted by Gasteiger charge is -2.44. The van der Waals surface area contributed by atoms with Crippen LogP contribution in [0.5, 0.6) is 0 Å². The molecule has 0 aromatic carbocycles. The average Bonchev–Trinajstić information content (AvgIpc) is 3.24. The Morgan fingerprint density at radius 1 is 1.50 bits per heavy atom. The Hall–Kier alpha value is -2.50. The molecule has 12 heteroatoms. The van der Waals surface area contributed by atoms with Gasteiger partial charge in [-0.3, -0.25) is 9.59 Å². The van der Waals surface area contributed by atoms with E-state index in [9.17, 15) is 9.59 Å². The molecule has 11 nitrogen and oxygen atoms in total. The predicted octanol–water partition coefficient (Wildman–Crippen LogP) is -1.29. The number of tetrazole rings is 1. The molecule has 2 saturated heterocycles. The van der Waals surface area contributed by atoms with Crippen LogP contribution in [0, 0.1) is 0 Å². The van der Waals surface area contributed by atoms with Crippen molar-refractivity contribution in [2.45, 2.75) is 42.6 Å². The second-order valence-corrected chi connectivity index (χ2v) is 7.94. The molecule has 2 unspecified atom stereocenters. The van der Waals surface area contributed by atoms with Gasteiger partial charge in [0.15, 0.2) is 5.82 Å². The summed E-state index contributed by atoms with van der Waals surface area (Å²) in [7, 11) is 0. The molecular formula is C12H15N9O2S. The Morgan fingerprint density at radius 2 is 2.33 bits per heavy atom. The van der Waals surface area contributed by atoms with Gasteiger partial charge in [-0.05, 0) is 13.8 Å². The van der Waals surface area contributed by atoms with E-state index in [1.807, 2.05) is 13.8 Å². The van der Waals surface area contributed by atoms with E-state index in [1.54, 1.807) is 16.7 Å². The number of nitrogens with one attached hydrogen (secondary N) is 2. The standard InChI is InChI=1S/C12H15N9O2S/c1-12(2)8(9-16-18-19-17-9)21-10(23)7(11(21)24-12)15-6(22)3-20-5-13-4-14-20/h4-5,7-8,11H,3H2,1-2H3,(H,15,22)(H,16,17,18,19)/t7?,8?,11-/m1/s1. The van der Waals surface area contributed by atoms with Gasteiger partial charge in [-0.1, -0.05) is 5.21 Å². The van der Waals surface area contributed by atoms with Crippen LogP contribution < -0.4 is 5.32 Å². The first-order chi connectivity index (χ1) is 11.5. The summed E-state index contributed by atoms with van der Waals surface area (Å²) >= 11 is 1.62. The quantitative estimate of drug-likeness (QED) is 0.651. The van der Waals surface area contributed by atoms with Crippen LogP contribution in [0.25, 0.3) is 0 Å². The topological polar surface area (TPSA) is 135 Å². The lowest BCUT2D eigenvalue weighted by molar-refractivity contribution is -0.151. The van der Waals surface area contributed by atoms with Crippen LogP contribution in [0.4, 0.5) is 0 Å². The predicted molar refractivity (Wildman–Crippen MR) is 81.2 cm³/mol. The molecule has 0 saturated carbocycles. The van der Waals surface area contributed by atoms with Gasteiger partial charge in [-0.25, -0.2) is 9.67 Å². The Balaban J connectivity index is 1.48. The molecule has 2 aromatic heterocycles. The Morgan fingerprint density at radius 3 is 3.00 bits per heavy atom. The molecule has 2 amide bonds. The van der Waals surface area contributed by atoms with E-state index in [0.29, 0.717) is 5.82 Å². The first kappa shape index (κ1) is 15.1. The third kappa shape index (κ3) is 2.25. The molecule has 126 valence electrons. The van der Waals surface area contributed by atoms with Crippen LogP contribution in [0.2, 0.25) is 0 Å². The highest BCUT2D eigenvalue weighted by Crippen LogP contribution is 2.56. The molecule has 2 aliphatic rings. The van der Waals surface area contributed by atoms with Gasteiger partial charge in [-0.2, -0.15) is 10.3 Å². The van der Waals surface area contributed by atoms with Crippen LogP contribution in [0.1, 0.15) is 25.7 Å². The van der Waals surface area contributed by atoms with Crippen molar-refractivity contribution in [2.75, 3.05) is 0 Å². The second kappa shape index (κ2) is 5.26. The number of aromatic amines is 1. The zero-order valence-corrected chi connectivity index (χ0v) is 13.8. The Labute approximate surface area is 140 Å². The molecule has 3 atom stereocenters. The van der Waals surface area contributed by atoms with Gasteiger partial charge >= 0.3 is 0 Å². The highest BCUT2D eigenvalue weighted by molar-refractivity contribution is 8.01. The molecule has 4 heterocycles. The maximum atomic E-state index is 12.6. The number of rotatable bonds is 4. The highest BCUT2D eigenvalue weighted by Gasteiger charge is 2.63. The normalized spacial score (nSPS) is 27.7. The number of fused-ring (bicyclic) bond motifs is 1. The number of nitrogens with zero attached hydrogens (tertiary/aromatic N) is 7. The maximum Gasteiger partial charge on any atom is 0.249 e. The molecule has 2 aromatic rings. The van der Waals surface area contributed by atoms with Crippen LogP contribution in [0.15, 0.2) is 12.7 Å². The molecule has 0 spiro atoms. The van der Waals surface area contributed by atoms with Crippen LogP contribution >= 0.6 is 11.8 Å². The molecule has 4 rings (SSSR count). The van der Waals surface area contributed by atoms with Crippen molar-refractivity contribution in [3.05, 3.63) is 18.5 Å². The Bertz CT molecular complexity index is 760. The summed E-state index contributed by atoms with van der Waals surface area (Å²) in [6.07, 6.45) is 2.81. The number of β-lactam (4-membered cyclic amide) rings is 1. The minimum atomic E-state index is -0.554. The van der Waals surface area contributed by atoms with Crippen molar-refractivity contribution < 1.29 is 9.59 Å². The maximum absolute atomic E-state index is 12.6. The third-order valence-electron chi connectivity index (χ3n) is 4.14. The van der Waals surface area contributed by atoms with E-state index in [1.165, 1.54) is 17.3 Å². The van der Waals surface area contributed by atoms with Crippen LogP contribution in [-0.4, -0.2) is 68.3 Å². The van der Waals surface area contributed by atoms with Crippen molar-refractivity contribution in [1.29, 1.82) is 0 Å². The number of thioether (sulfide) groups is 1. The molecule has 0 bridgehead atoms. The number of hydrogen-bond donors (Lipinski definition) is 2. The van der Waals surface area contributed by atoms with E-state index in [-0.39, 0.29) is 34.5 Å². The monoisotopic (exact) mass is 349 g/mol. The second-order valence-electron chi connectivity index (χ2n) is 6.17. The fraction of sp³-hybridized carbons (Fsp3) is 0.583. The summed E-state index contributed by atoms with van der Waals surface area (Å²) in [5, 5.41) is 20.6. The first-order valence-electron chi connectivity index (χ1n) is 7.32. The molecular weight excluding hydrogens is 334 g/mol. The molecule has 2 N–H and O–H groups in total. The van der Waals surface area contributed by atoms with Gasteiger partial charge in [0.1, 0.15) is 36.7 Å². The van der Waals surface area contributed by atoms with Crippen LogP contribution in [0.3, 0.4) is 0 Å². The molecule has 2 fully saturated rings. The molecule has 24 heavy (non-hydrogen) atoms. The summed E-state index contributed by atoms with van der Waals surface area (Å²) in [6, 6.07) is -0.829. The summed E-state index contributed by atoms with van der Waals surface area (Å²) in [4.78, 5) is 30.2. The fourth-order valence-electron chi connectivity index (χ4n) is 3.13. The van der Waals surface area contributed by atoms with Crippen molar-refractivity contribution in [3.63, 3.8) is 0 Å². The van der Waals surface area contributed by atoms with Crippen LogP contribution in [-0.2, 0) is 16.1 Å². The smallest absolute Gasteiger partial charge is 0.249 e. The Kier molecular flexibility index (Phi) is 3.30. The highest BCUT2D eigenvalue weighted by atomic mass is 32.2. The van der Waals surface area contributed by atoms with E-state index in [2.05, 4.69) is 36.0 Å². The van der Waals surface area contributed by atoms with Gasteiger partial charge in [0, 0.05) is 4.75 Å². The summed E-state index contributed by atoms with van der Waals surface area (Å²) in [6.45, 7) is 4.08. The van der Waals surface area contributed by atoms with Gasteiger partial charge in [0.2, 0.25) is 11.8 Å². The van der Waals surface area contributed by atoms with E-state index in [0.717, 1.165) is 0 Å². The molecule has 0 aliphatic carbocycles. The van der Waals surface area contributed by atoms with E-state index >= 15 is 0 Å². The number of hydrogen-bond acceptors (Lipinski definition) is 8.